The van der Waals surface area contributed by atoms with Crippen LogP contribution in [0.25, 0.3) is 0 Å². The molecule has 1 rings (SSSR count). The van der Waals surface area contributed by atoms with Crippen LogP contribution >= 0.6 is 23.2 Å². The molecule has 1 aromatic rings. The van der Waals surface area contributed by atoms with Gasteiger partial charge < -0.3 is 0 Å². The molecule has 0 amide bonds. The monoisotopic (exact) mass is 254 g/mol. The van der Waals surface area contributed by atoms with Crippen molar-refractivity contribution in [2.45, 2.75) is 6.54 Å². The molecule has 0 radical (unpaired) electrons. The van der Waals surface area contributed by atoms with Crippen LogP contribution in [0.2, 0.25) is 0 Å². The van der Waals surface area contributed by atoms with E-state index in [0.717, 1.165) is 12.1 Å². The number of nitrogens with zero attached hydrogens (tertiary/aromatic N) is 2. The molecule has 0 saturated heterocycles. The van der Waals surface area contributed by atoms with Gasteiger partial charge in [-0.05, 0) is 24.7 Å². The Morgan fingerprint density at radius 2 is 2.31 bits per heavy atom. The van der Waals surface area contributed by atoms with Crippen LogP contribution in [0, 0.1) is 11.3 Å². The number of hydrogen-bond donors (Lipinski definition) is 0. The maximum Gasteiger partial charge on any atom is 0.0991 e. The highest BCUT2D eigenvalue weighted by molar-refractivity contribution is 6.36. The topological polar surface area (TPSA) is 27.0 Å². The third-order valence-electron chi connectivity index (χ3n) is 2.05. The molecule has 0 aliphatic carbocycles. The van der Waals surface area contributed by atoms with Crippen molar-refractivity contribution in [3.63, 3.8) is 0 Å². The van der Waals surface area contributed by atoms with Crippen molar-refractivity contribution >= 4 is 23.2 Å². The van der Waals surface area contributed by atoms with E-state index in [1.165, 1.54) is 5.54 Å². The first kappa shape index (κ1) is 13.1. The highest BCUT2D eigenvalue weighted by Crippen LogP contribution is 2.10. The summed E-state index contributed by atoms with van der Waals surface area (Å²) >= 11 is 11.3. The van der Waals surface area contributed by atoms with Gasteiger partial charge in [0.15, 0.2) is 0 Å². The largest absolute Gasteiger partial charge is 0.297 e. The summed E-state index contributed by atoms with van der Waals surface area (Å²) in [5.74, 6) is 0. The van der Waals surface area contributed by atoms with Crippen LogP contribution < -0.4 is 0 Å². The third-order valence-corrected chi connectivity index (χ3v) is 2.65. The Bertz CT molecular complexity index is 421. The maximum absolute atomic E-state index is 8.77. The molecule has 0 heterocycles. The zero-order valence-electron chi connectivity index (χ0n) is 8.95. The van der Waals surface area contributed by atoms with Crippen molar-refractivity contribution in [3.05, 3.63) is 46.0 Å². The lowest BCUT2D eigenvalue weighted by Crippen LogP contribution is -2.19. The molecule has 0 aliphatic heterocycles. The molecule has 2 nitrogen and oxygen atoms in total. The fourth-order valence-corrected chi connectivity index (χ4v) is 1.67. The minimum Gasteiger partial charge on any atom is -0.297 e. The van der Waals surface area contributed by atoms with E-state index in [9.17, 15) is 0 Å². The van der Waals surface area contributed by atoms with Crippen LogP contribution in [0.3, 0.4) is 0 Å². The van der Waals surface area contributed by atoms with Crippen LogP contribution in [-0.2, 0) is 6.54 Å². The summed E-state index contributed by atoms with van der Waals surface area (Å²) in [5, 5.41) is 9.37. The zero-order chi connectivity index (χ0) is 12.0. The second-order valence-electron chi connectivity index (χ2n) is 3.54. The van der Waals surface area contributed by atoms with Crippen molar-refractivity contribution in [1.82, 2.24) is 4.90 Å². The summed E-state index contributed by atoms with van der Waals surface area (Å²) in [6.07, 6.45) is 0. The summed E-state index contributed by atoms with van der Waals surface area (Å²) in [7, 11) is 1.95. The van der Waals surface area contributed by atoms with E-state index in [1.54, 1.807) is 6.07 Å². The number of benzene rings is 1. The lowest BCUT2D eigenvalue weighted by atomic mass is 10.1. The normalized spacial score (nSPS) is 11.6. The fraction of sp³-hybridized carbons (Fsp3) is 0.250. The Morgan fingerprint density at radius 1 is 1.56 bits per heavy atom. The van der Waals surface area contributed by atoms with Crippen LogP contribution in [0.5, 0.6) is 0 Å². The third kappa shape index (κ3) is 4.24. The molecule has 0 unspecified atom stereocenters. The van der Waals surface area contributed by atoms with Crippen LogP contribution in [0.4, 0.5) is 0 Å². The van der Waals surface area contributed by atoms with Crippen molar-refractivity contribution in [2.75, 3.05) is 13.6 Å². The molecule has 4 heteroatoms. The average Bonchev–Trinajstić information content (AvgIpc) is 2.28. The van der Waals surface area contributed by atoms with Gasteiger partial charge in [-0.15, -0.1) is 0 Å². The SMILES string of the molecule is CN(CC(Cl)=CCl)Cc1cccc(C#N)c1. The molecule has 0 spiro atoms. The Balaban J connectivity index is 2.63. The van der Waals surface area contributed by atoms with E-state index in [4.69, 9.17) is 28.5 Å². The average molecular weight is 255 g/mol. The second kappa shape index (κ2) is 6.55. The summed E-state index contributed by atoms with van der Waals surface area (Å²) in [4.78, 5) is 2.03. The van der Waals surface area contributed by atoms with Gasteiger partial charge in [-0.25, -0.2) is 0 Å². The molecule has 84 valence electrons. The van der Waals surface area contributed by atoms with Gasteiger partial charge in [0.25, 0.3) is 0 Å². The van der Waals surface area contributed by atoms with E-state index < -0.39 is 0 Å². The Morgan fingerprint density at radius 3 is 2.94 bits per heavy atom. The van der Waals surface area contributed by atoms with E-state index in [2.05, 4.69) is 6.07 Å². The molecular formula is C12H12Cl2N2. The van der Waals surface area contributed by atoms with Crippen LogP contribution in [0.1, 0.15) is 11.1 Å². The van der Waals surface area contributed by atoms with Gasteiger partial charge in [0.2, 0.25) is 0 Å². The Kier molecular flexibility index (Phi) is 5.34. The number of hydrogen-bond acceptors (Lipinski definition) is 2. The molecular weight excluding hydrogens is 243 g/mol. The Labute approximate surface area is 106 Å². The summed E-state index contributed by atoms with van der Waals surface area (Å²) in [5.41, 5.74) is 3.12. The minimum absolute atomic E-state index is 0.598. The molecule has 0 bridgehead atoms. The minimum atomic E-state index is 0.598. The van der Waals surface area contributed by atoms with Crippen LogP contribution in [-0.4, -0.2) is 18.5 Å². The number of likely N-dealkylation sites (N-methyl/N-ethyl adjacent to an activating group) is 1. The molecule has 1 aromatic carbocycles. The summed E-state index contributed by atoms with van der Waals surface area (Å²) < 4.78 is 0. The second-order valence-corrected chi connectivity index (χ2v) is 4.24. The van der Waals surface area contributed by atoms with Gasteiger partial charge in [-0.1, -0.05) is 35.3 Å². The smallest absolute Gasteiger partial charge is 0.0991 e. The molecule has 0 aromatic heterocycles. The lowest BCUT2D eigenvalue weighted by molar-refractivity contribution is 0.360. The van der Waals surface area contributed by atoms with Crippen molar-refractivity contribution < 1.29 is 0 Å². The molecule has 0 saturated carbocycles. The Hall–Kier alpha value is -1.01. The fourth-order valence-electron chi connectivity index (χ4n) is 1.40. The molecule has 16 heavy (non-hydrogen) atoms. The highest BCUT2D eigenvalue weighted by Gasteiger charge is 2.02. The first-order valence-corrected chi connectivity index (χ1v) is 5.59. The van der Waals surface area contributed by atoms with Gasteiger partial charge in [0.05, 0.1) is 11.6 Å². The predicted molar refractivity (Wildman–Crippen MR) is 67.3 cm³/mol. The maximum atomic E-state index is 8.77. The highest BCUT2D eigenvalue weighted by atomic mass is 35.5. The van der Waals surface area contributed by atoms with E-state index in [-0.39, 0.29) is 0 Å². The van der Waals surface area contributed by atoms with E-state index >= 15 is 0 Å². The first-order valence-electron chi connectivity index (χ1n) is 4.78. The number of halogens is 2. The number of rotatable bonds is 4. The van der Waals surface area contributed by atoms with Gasteiger partial charge in [0.1, 0.15) is 0 Å². The first-order chi connectivity index (χ1) is 7.65. The zero-order valence-corrected chi connectivity index (χ0v) is 10.5. The molecule has 0 aliphatic rings. The summed E-state index contributed by atoms with van der Waals surface area (Å²) in [6.45, 7) is 1.33. The van der Waals surface area contributed by atoms with Gasteiger partial charge >= 0.3 is 0 Å². The predicted octanol–water partition coefficient (Wildman–Crippen LogP) is 3.31. The van der Waals surface area contributed by atoms with Gasteiger partial charge in [0, 0.05) is 23.7 Å². The standard InChI is InChI=1S/C12H12Cl2N2/c1-16(9-12(14)6-13)8-11-4-2-3-10(5-11)7-15/h2-6H,8-9H2,1H3. The summed E-state index contributed by atoms with van der Waals surface area (Å²) in [6, 6.07) is 9.63. The van der Waals surface area contributed by atoms with Crippen LogP contribution in [0.15, 0.2) is 34.8 Å². The molecule has 0 fully saturated rings. The van der Waals surface area contributed by atoms with Gasteiger partial charge in [-0.3, -0.25) is 4.90 Å². The quantitative estimate of drug-likeness (QED) is 0.825. The number of nitriles is 1. The molecule has 0 atom stereocenters. The van der Waals surface area contributed by atoms with Gasteiger partial charge in [-0.2, -0.15) is 5.26 Å². The van der Waals surface area contributed by atoms with Crippen molar-refractivity contribution in [1.29, 1.82) is 5.26 Å². The van der Waals surface area contributed by atoms with Crippen molar-refractivity contribution in [2.24, 2.45) is 0 Å². The molecule has 0 N–H and O–H groups in total. The van der Waals surface area contributed by atoms with Crippen molar-refractivity contribution in [3.8, 4) is 6.07 Å². The van der Waals surface area contributed by atoms with E-state index in [0.29, 0.717) is 17.1 Å². The van der Waals surface area contributed by atoms with E-state index in [1.807, 2.05) is 30.1 Å². The lowest BCUT2D eigenvalue weighted by Gasteiger charge is -2.15.